The summed E-state index contributed by atoms with van der Waals surface area (Å²) >= 11 is 0. The van der Waals surface area contributed by atoms with E-state index in [9.17, 15) is 4.79 Å². The molecule has 0 aromatic carbocycles. The molecule has 1 heterocycles. The molecule has 0 bridgehead atoms. The third-order valence-corrected chi connectivity index (χ3v) is 2.31. The first-order valence-electron chi connectivity index (χ1n) is 5.12. The SMILES string of the molecule is CNCCN(C)CC(=O)c1ccn(C)c1. The molecule has 1 N–H and O–H groups in total. The number of carbonyl (C=O) groups is 1. The van der Waals surface area contributed by atoms with Gasteiger partial charge in [0.1, 0.15) is 0 Å². The van der Waals surface area contributed by atoms with Crippen LogP contribution in [0.15, 0.2) is 18.5 Å². The molecule has 0 saturated carbocycles. The van der Waals surface area contributed by atoms with Gasteiger partial charge in [0.05, 0.1) is 6.54 Å². The van der Waals surface area contributed by atoms with Crippen molar-refractivity contribution in [1.82, 2.24) is 14.8 Å². The summed E-state index contributed by atoms with van der Waals surface area (Å²) in [7, 11) is 5.78. The van der Waals surface area contributed by atoms with E-state index in [0.29, 0.717) is 6.54 Å². The van der Waals surface area contributed by atoms with Gasteiger partial charge < -0.3 is 9.88 Å². The summed E-state index contributed by atoms with van der Waals surface area (Å²) in [5.41, 5.74) is 0.786. The summed E-state index contributed by atoms with van der Waals surface area (Å²) in [4.78, 5) is 13.8. The third-order valence-electron chi connectivity index (χ3n) is 2.31. The number of aryl methyl sites for hydroxylation is 1. The highest BCUT2D eigenvalue weighted by molar-refractivity contribution is 5.97. The molecule has 0 saturated heterocycles. The molecule has 0 spiro atoms. The van der Waals surface area contributed by atoms with Gasteiger partial charge >= 0.3 is 0 Å². The Hall–Kier alpha value is -1.13. The predicted molar refractivity (Wildman–Crippen MR) is 61.2 cm³/mol. The molecule has 0 atom stereocenters. The van der Waals surface area contributed by atoms with Crippen molar-refractivity contribution < 1.29 is 4.79 Å². The van der Waals surface area contributed by atoms with Gasteiger partial charge in [-0.25, -0.2) is 0 Å². The van der Waals surface area contributed by atoms with Gasteiger partial charge in [-0.05, 0) is 20.2 Å². The summed E-state index contributed by atoms with van der Waals surface area (Å²) in [6.45, 7) is 2.26. The van der Waals surface area contributed by atoms with Crippen LogP contribution < -0.4 is 5.32 Å². The van der Waals surface area contributed by atoms with Crippen molar-refractivity contribution in [2.75, 3.05) is 33.7 Å². The summed E-state index contributed by atoms with van der Waals surface area (Å²) < 4.78 is 1.89. The summed E-state index contributed by atoms with van der Waals surface area (Å²) in [5, 5.41) is 3.06. The number of hydrogen-bond donors (Lipinski definition) is 1. The van der Waals surface area contributed by atoms with Gasteiger partial charge in [0.25, 0.3) is 0 Å². The van der Waals surface area contributed by atoms with Crippen molar-refractivity contribution in [2.45, 2.75) is 0 Å². The number of rotatable bonds is 6. The van der Waals surface area contributed by atoms with Gasteiger partial charge in [0, 0.05) is 38.1 Å². The standard InChI is InChI=1S/C11H19N3O/c1-12-5-7-14(3)9-11(15)10-4-6-13(2)8-10/h4,6,8,12H,5,7,9H2,1-3H3. The Labute approximate surface area is 90.9 Å². The highest BCUT2D eigenvalue weighted by atomic mass is 16.1. The number of nitrogens with one attached hydrogen (secondary N) is 1. The Bertz CT molecular complexity index is 319. The first-order chi connectivity index (χ1) is 7.13. The third kappa shape index (κ3) is 3.85. The normalized spacial score (nSPS) is 10.9. The molecule has 0 fully saturated rings. The van der Waals surface area contributed by atoms with E-state index < -0.39 is 0 Å². The summed E-state index contributed by atoms with van der Waals surface area (Å²) in [6, 6.07) is 1.86. The van der Waals surface area contributed by atoms with E-state index in [4.69, 9.17) is 0 Å². The Balaban J connectivity index is 2.42. The fourth-order valence-electron chi connectivity index (χ4n) is 1.39. The van der Waals surface area contributed by atoms with E-state index in [0.717, 1.165) is 18.7 Å². The van der Waals surface area contributed by atoms with Gasteiger partial charge in [-0.1, -0.05) is 0 Å². The minimum absolute atomic E-state index is 0.175. The van der Waals surface area contributed by atoms with Crippen LogP contribution in [0.3, 0.4) is 0 Å². The topological polar surface area (TPSA) is 37.3 Å². The number of aromatic nitrogens is 1. The molecule has 0 unspecified atom stereocenters. The monoisotopic (exact) mass is 209 g/mol. The molecule has 1 aromatic rings. The molecule has 0 aliphatic carbocycles. The Morgan fingerprint density at radius 2 is 2.33 bits per heavy atom. The van der Waals surface area contributed by atoms with Crippen LogP contribution in [-0.2, 0) is 7.05 Å². The average molecular weight is 209 g/mol. The maximum atomic E-state index is 11.8. The minimum atomic E-state index is 0.175. The number of Topliss-reactive ketones (excluding diaryl/α,β-unsaturated/α-hetero) is 1. The summed E-state index contributed by atoms with van der Waals surface area (Å²) in [6.07, 6.45) is 3.75. The van der Waals surface area contributed by atoms with Crippen molar-refractivity contribution in [3.8, 4) is 0 Å². The van der Waals surface area contributed by atoms with E-state index in [-0.39, 0.29) is 5.78 Å². The van der Waals surface area contributed by atoms with Gasteiger partial charge in [0.2, 0.25) is 0 Å². The molecule has 1 aromatic heterocycles. The van der Waals surface area contributed by atoms with Gasteiger partial charge in [-0.3, -0.25) is 9.69 Å². The van der Waals surface area contributed by atoms with Crippen LogP contribution in [0.5, 0.6) is 0 Å². The molecule has 15 heavy (non-hydrogen) atoms. The molecule has 0 aliphatic rings. The molecule has 0 aliphatic heterocycles. The van der Waals surface area contributed by atoms with Crippen LogP contribution in [-0.4, -0.2) is 49.0 Å². The molecular formula is C11H19N3O. The van der Waals surface area contributed by atoms with E-state index in [1.807, 2.05) is 49.1 Å². The highest BCUT2D eigenvalue weighted by Crippen LogP contribution is 2.01. The zero-order chi connectivity index (χ0) is 11.3. The van der Waals surface area contributed by atoms with Gasteiger partial charge in [-0.2, -0.15) is 0 Å². The van der Waals surface area contributed by atoms with E-state index in [1.165, 1.54) is 0 Å². The first-order valence-corrected chi connectivity index (χ1v) is 5.12. The Morgan fingerprint density at radius 3 is 2.87 bits per heavy atom. The van der Waals surface area contributed by atoms with Crippen molar-refractivity contribution in [3.63, 3.8) is 0 Å². The largest absolute Gasteiger partial charge is 0.357 e. The molecule has 1 rings (SSSR count). The second-order valence-corrected chi connectivity index (χ2v) is 3.83. The van der Waals surface area contributed by atoms with Crippen molar-refractivity contribution in [1.29, 1.82) is 0 Å². The van der Waals surface area contributed by atoms with Crippen molar-refractivity contribution in [2.24, 2.45) is 7.05 Å². The van der Waals surface area contributed by atoms with Crippen LogP contribution in [0, 0.1) is 0 Å². The van der Waals surface area contributed by atoms with Gasteiger partial charge in [0.15, 0.2) is 5.78 Å². The number of carbonyl (C=O) groups excluding carboxylic acids is 1. The van der Waals surface area contributed by atoms with E-state index in [1.54, 1.807) is 0 Å². The average Bonchev–Trinajstić information content (AvgIpc) is 2.61. The lowest BCUT2D eigenvalue weighted by atomic mass is 10.2. The van der Waals surface area contributed by atoms with Crippen molar-refractivity contribution >= 4 is 5.78 Å². The lowest BCUT2D eigenvalue weighted by Crippen LogP contribution is -2.31. The zero-order valence-corrected chi connectivity index (χ0v) is 9.66. The van der Waals surface area contributed by atoms with Crippen LogP contribution in [0.2, 0.25) is 0 Å². The summed E-state index contributed by atoms with van der Waals surface area (Å²) in [5.74, 6) is 0.175. The molecule has 4 heteroatoms. The second-order valence-electron chi connectivity index (χ2n) is 3.83. The molecule has 84 valence electrons. The van der Waals surface area contributed by atoms with Crippen LogP contribution in [0.1, 0.15) is 10.4 Å². The second kappa shape index (κ2) is 5.68. The van der Waals surface area contributed by atoms with Crippen LogP contribution >= 0.6 is 0 Å². The zero-order valence-electron chi connectivity index (χ0n) is 9.66. The predicted octanol–water partition coefficient (Wildman–Crippen LogP) is 0.359. The van der Waals surface area contributed by atoms with Crippen LogP contribution in [0.25, 0.3) is 0 Å². The molecule has 4 nitrogen and oxygen atoms in total. The minimum Gasteiger partial charge on any atom is -0.357 e. The van der Waals surface area contributed by atoms with Crippen LogP contribution in [0.4, 0.5) is 0 Å². The van der Waals surface area contributed by atoms with E-state index >= 15 is 0 Å². The number of hydrogen-bond acceptors (Lipinski definition) is 3. The maximum absolute atomic E-state index is 11.8. The highest BCUT2D eigenvalue weighted by Gasteiger charge is 2.09. The number of nitrogens with zero attached hydrogens (tertiary/aromatic N) is 2. The lowest BCUT2D eigenvalue weighted by Gasteiger charge is -2.14. The Morgan fingerprint density at radius 1 is 1.60 bits per heavy atom. The van der Waals surface area contributed by atoms with Crippen molar-refractivity contribution in [3.05, 3.63) is 24.0 Å². The quantitative estimate of drug-likeness (QED) is 0.687. The smallest absolute Gasteiger partial charge is 0.178 e. The molecular weight excluding hydrogens is 190 g/mol. The van der Waals surface area contributed by atoms with Gasteiger partial charge in [-0.15, -0.1) is 0 Å². The van der Waals surface area contributed by atoms with E-state index in [2.05, 4.69) is 5.32 Å². The number of ketones is 1. The number of likely N-dealkylation sites (N-methyl/N-ethyl adjacent to an activating group) is 2. The first kappa shape index (κ1) is 11.9. The lowest BCUT2D eigenvalue weighted by molar-refractivity contribution is 0.0947. The Kier molecular flexibility index (Phi) is 4.52. The molecule has 0 radical (unpaired) electrons. The molecule has 0 amide bonds. The maximum Gasteiger partial charge on any atom is 0.178 e. The fourth-order valence-corrected chi connectivity index (χ4v) is 1.39. The fraction of sp³-hybridized carbons (Fsp3) is 0.545.